The van der Waals surface area contributed by atoms with E-state index in [1.807, 2.05) is 0 Å². The standard InChI is InChI=1S/C25H25ClF4N6O3/c26-19-10-17(36-23-18(25(28,29)30)3-1-4-20(23)27)13-34-21(19)14-35-22(37)5-8-39-7-2-6-33-24(38)15-9-16(31)12-32-11-15/h1,3-4,9-13,36H,2,5-8,14,31H2,(H,33,38)(H,35,37). The largest absolute Gasteiger partial charge is 0.418 e. The number of hydrogen-bond acceptors (Lipinski definition) is 7. The summed E-state index contributed by atoms with van der Waals surface area (Å²) in [7, 11) is 0. The molecule has 0 bridgehead atoms. The summed E-state index contributed by atoms with van der Waals surface area (Å²) in [5.41, 5.74) is 4.74. The third-order valence-electron chi connectivity index (χ3n) is 5.20. The summed E-state index contributed by atoms with van der Waals surface area (Å²) in [6.07, 6.45) is -0.138. The summed E-state index contributed by atoms with van der Waals surface area (Å²) in [4.78, 5) is 32.0. The van der Waals surface area contributed by atoms with Gasteiger partial charge in [0.25, 0.3) is 5.91 Å². The molecular formula is C25H25ClF4N6O3. The average molecular weight is 569 g/mol. The zero-order valence-corrected chi connectivity index (χ0v) is 21.2. The summed E-state index contributed by atoms with van der Waals surface area (Å²) in [6.45, 7) is 0.801. The molecular weight excluding hydrogens is 544 g/mol. The van der Waals surface area contributed by atoms with E-state index in [0.29, 0.717) is 30.8 Å². The maximum absolute atomic E-state index is 14.1. The number of carbonyl (C=O) groups is 2. The number of nitrogens with one attached hydrogen (secondary N) is 3. The molecule has 39 heavy (non-hydrogen) atoms. The van der Waals surface area contributed by atoms with Crippen LogP contribution in [0.1, 0.15) is 34.5 Å². The average Bonchev–Trinajstić information content (AvgIpc) is 2.88. The van der Waals surface area contributed by atoms with Crippen molar-refractivity contribution in [2.24, 2.45) is 0 Å². The van der Waals surface area contributed by atoms with Crippen molar-refractivity contribution in [2.45, 2.75) is 25.6 Å². The number of nitrogens with zero attached hydrogens (tertiary/aromatic N) is 2. The first-order chi connectivity index (χ1) is 18.5. The van der Waals surface area contributed by atoms with Crippen molar-refractivity contribution in [3.63, 3.8) is 0 Å². The number of aromatic nitrogens is 2. The van der Waals surface area contributed by atoms with Gasteiger partial charge < -0.3 is 26.4 Å². The van der Waals surface area contributed by atoms with Crippen molar-refractivity contribution < 1.29 is 31.9 Å². The predicted octanol–water partition coefficient (Wildman–Crippen LogP) is 4.46. The lowest BCUT2D eigenvalue weighted by atomic mass is 10.1. The molecule has 208 valence electrons. The molecule has 14 heteroatoms. The minimum Gasteiger partial charge on any atom is -0.397 e. The molecule has 0 saturated carbocycles. The number of halogens is 5. The van der Waals surface area contributed by atoms with Crippen LogP contribution in [0.3, 0.4) is 0 Å². The number of carbonyl (C=O) groups excluding carboxylic acids is 2. The molecule has 0 saturated heterocycles. The van der Waals surface area contributed by atoms with Gasteiger partial charge in [-0.15, -0.1) is 0 Å². The molecule has 3 aromatic rings. The van der Waals surface area contributed by atoms with Crippen LogP contribution in [0.25, 0.3) is 0 Å². The Labute approximate surface area is 226 Å². The van der Waals surface area contributed by atoms with Crippen LogP contribution in [0.4, 0.5) is 34.6 Å². The Morgan fingerprint density at radius 3 is 2.59 bits per heavy atom. The molecule has 0 spiro atoms. The van der Waals surface area contributed by atoms with Crippen LogP contribution in [0, 0.1) is 5.82 Å². The number of ether oxygens (including phenoxy) is 1. The topological polar surface area (TPSA) is 131 Å². The smallest absolute Gasteiger partial charge is 0.397 e. The molecule has 9 nitrogen and oxygen atoms in total. The molecule has 0 unspecified atom stereocenters. The van der Waals surface area contributed by atoms with Gasteiger partial charge in [-0.1, -0.05) is 17.7 Å². The van der Waals surface area contributed by atoms with E-state index in [9.17, 15) is 27.2 Å². The Morgan fingerprint density at radius 2 is 1.87 bits per heavy atom. The quantitative estimate of drug-likeness (QED) is 0.187. The van der Waals surface area contributed by atoms with Crippen molar-refractivity contribution in [3.8, 4) is 0 Å². The third kappa shape index (κ3) is 9.07. The van der Waals surface area contributed by atoms with E-state index in [-0.39, 0.29) is 47.8 Å². The fourth-order valence-electron chi connectivity index (χ4n) is 3.29. The van der Waals surface area contributed by atoms with Gasteiger partial charge in [-0.2, -0.15) is 13.2 Å². The first-order valence-corrected chi connectivity index (χ1v) is 12.0. The van der Waals surface area contributed by atoms with Crippen molar-refractivity contribution in [2.75, 3.05) is 30.8 Å². The van der Waals surface area contributed by atoms with Gasteiger partial charge in [-0.25, -0.2) is 4.39 Å². The SMILES string of the molecule is Nc1cncc(C(=O)NCCCOCCC(=O)NCc2ncc(Nc3c(F)cccc3C(F)(F)F)cc2Cl)c1. The van der Waals surface area contributed by atoms with Crippen LogP contribution in [-0.2, 0) is 22.3 Å². The molecule has 3 rings (SSSR count). The number of benzene rings is 1. The van der Waals surface area contributed by atoms with Crippen LogP contribution in [0.2, 0.25) is 5.02 Å². The molecule has 2 aromatic heterocycles. The molecule has 0 aliphatic heterocycles. The predicted molar refractivity (Wildman–Crippen MR) is 137 cm³/mol. The zero-order chi connectivity index (χ0) is 28.4. The normalized spacial score (nSPS) is 11.2. The highest BCUT2D eigenvalue weighted by Crippen LogP contribution is 2.37. The maximum atomic E-state index is 14.1. The summed E-state index contributed by atoms with van der Waals surface area (Å²) >= 11 is 6.16. The zero-order valence-electron chi connectivity index (χ0n) is 20.4. The van der Waals surface area contributed by atoms with E-state index < -0.39 is 23.2 Å². The summed E-state index contributed by atoms with van der Waals surface area (Å²) in [5, 5.41) is 7.77. The number of anilines is 3. The minimum absolute atomic E-state index is 0.0314. The molecule has 0 aliphatic carbocycles. The Morgan fingerprint density at radius 1 is 1.08 bits per heavy atom. The number of alkyl halides is 3. The molecule has 0 atom stereocenters. The second-order valence-corrected chi connectivity index (χ2v) is 8.60. The van der Waals surface area contributed by atoms with E-state index in [2.05, 4.69) is 25.9 Å². The summed E-state index contributed by atoms with van der Waals surface area (Å²) < 4.78 is 59.0. The highest BCUT2D eigenvalue weighted by molar-refractivity contribution is 6.31. The Bertz CT molecular complexity index is 1310. The van der Waals surface area contributed by atoms with Crippen LogP contribution in [0.5, 0.6) is 0 Å². The molecule has 1 aromatic carbocycles. The summed E-state index contributed by atoms with van der Waals surface area (Å²) in [6, 6.07) is 5.43. The number of amides is 2. The van der Waals surface area contributed by atoms with Gasteiger partial charge in [-0.3, -0.25) is 19.6 Å². The van der Waals surface area contributed by atoms with Gasteiger partial charge in [0.15, 0.2) is 0 Å². The fraction of sp³-hybridized carbons (Fsp3) is 0.280. The third-order valence-corrected chi connectivity index (χ3v) is 5.53. The lowest BCUT2D eigenvalue weighted by molar-refractivity contribution is -0.137. The minimum atomic E-state index is -4.76. The van der Waals surface area contributed by atoms with Gasteiger partial charge in [0.1, 0.15) is 5.82 Å². The van der Waals surface area contributed by atoms with Gasteiger partial charge >= 0.3 is 6.18 Å². The number of para-hydroxylation sites is 1. The molecule has 0 radical (unpaired) electrons. The number of rotatable bonds is 12. The Kier molecular flexibility index (Phi) is 10.4. The monoisotopic (exact) mass is 568 g/mol. The van der Waals surface area contributed by atoms with Gasteiger partial charge in [-0.05, 0) is 30.7 Å². The van der Waals surface area contributed by atoms with Gasteiger partial charge in [0, 0.05) is 32.0 Å². The molecule has 2 heterocycles. The maximum Gasteiger partial charge on any atom is 0.418 e. The van der Waals surface area contributed by atoms with Gasteiger partial charge in [0.05, 0.1) is 58.3 Å². The number of nitrogens with two attached hydrogens (primary N) is 1. The number of pyridine rings is 2. The number of hydrogen-bond donors (Lipinski definition) is 4. The van der Waals surface area contributed by atoms with Crippen LogP contribution in [0.15, 0.2) is 48.9 Å². The van der Waals surface area contributed by atoms with Crippen molar-refractivity contribution in [3.05, 3.63) is 76.6 Å². The van der Waals surface area contributed by atoms with E-state index in [1.165, 1.54) is 30.7 Å². The molecule has 2 amide bonds. The molecule has 0 fully saturated rings. The first-order valence-electron chi connectivity index (χ1n) is 11.6. The highest BCUT2D eigenvalue weighted by Gasteiger charge is 2.34. The second kappa shape index (κ2) is 13.7. The fourth-order valence-corrected chi connectivity index (χ4v) is 3.53. The highest BCUT2D eigenvalue weighted by atomic mass is 35.5. The Hall–Kier alpha value is -3.97. The lowest BCUT2D eigenvalue weighted by Gasteiger charge is -2.16. The van der Waals surface area contributed by atoms with E-state index in [0.717, 1.165) is 18.2 Å². The first kappa shape index (κ1) is 29.6. The van der Waals surface area contributed by atoms with Crippen molar-refractivity contribution in [1.82, 2.24) is 20.6 Å². The second-order valence-electron chi connectivity index (χ2n) is 8.19. The molecule has 5 N–H and O–H groups in total. The lowest BCUT2D eigenvalue weighted by Crippen LogP contribution is -2.26. The van der Waals surface area contributed by atoms with E-state index in [4.69, 9.17) is 22.1 Å². The summed E-state index contributed by atoms with van der Waals surface area (Å²) in [5.74, 6) is -1.72. The van der Waals surface area contributed by atoms with E-state index in [1.54, 1.807) is 0 Å². The van der Waals surface area contributed by atoms with Crippen LogP contribution < -0.4 is 21.7 Å². The number of nitrogen functional groups attached to an aromatic ring is 1. The van der Waals surface area contributed by atoms with Crippen LogP contribution >= 0.6 is 11.6 Å². The van der Waals surface area contributed by atoms with Gasteiger partial charge in [0.2, 0.25) is 5.91 Å². The van der Waals surface area contributed by atoms with Crippen molar-refractivity contribution >= 4 is 40.5 Å². The molecule has 0 aliphatic rings. The van der Waals surface area contributed by atoms with Crippen molar-refractivity contribution in [1.29, 1.82) is 0 Å². The Balaban J connectivity index is 1.37. The van der Waals surface area contributed by atoms with E-state index >= 15 is 0 Å². The van der Waals surface area contributed by atoms with Crippen LogP contribution in [-0.4, -0.2) is 41.5 Å².